The predicted molar refractivity (Wildman–Crippen MR) is 94.7 cm³/mol. The molecular weight excluding hydrogens is 336 g/mol. The number of hydrogen-bond acceptors (Lipinski definition) is 2. The van der Waals surface area contributed by atoms with Crippen molar-refractivity contribution in [2.75, 3.05) is 0 Å². The molecule has 0 spiro atoms. The van der Waals surface area contributed by atoms with Gasteiger partial charge in [-0.1, -0.05) is 36.4 Å². The molecule has 3 rings (SSSR count). The minimum atomic E-state index is -0.906. The topological polar surface area (TPSA) is 38.3 Å². The van der Waals surface area contributed by atoms with E-state index in [0.29, 0.717) is 23.4 Å². The summed E-state index contributed by atoms with van der Waals surface area (Å²) >= 11 is 0. The van der Waals surface area contributed by atoms with E-state index in [9.17, 15) is 13.6 Å². The Morgan fingerprint density at radius 1 is 0.846 bits per heavy atom. The Hall–Kier alpha value is -3.21. The standard InChI is InChI=1S/C21H17F2NO2/c22-19-11-6-16(12-20(19)23)14-26-18-9-7-17(8-10-18)21(25)24-13-15-4-2-1-3-5-15/h1-12H,13-14H2,(H,24,25). The number of hydrogen-bond donors (Lipinski definition) is 1. The van der Waals surface area contributed by atoms with E-state index in [-0.39, 0.29) is 12.5 Å². The fourth-order valence-electron chi connectivity index (χ4n) is 2.38. The summed E-state index contributed by atoms with van der Waals surface area (Å²) in [7, 11) is 0. The summed E-state index contributed by atoms with van der Waals surface area (Å²) in [5.41, 5.74) is 2.06. The number of benzene rings is 3. The van der Waals surface area contributed by atoms with Gasteiger partial charge < -0.3 is 10.1 Å². The van der Waals surface area contributed by atoms with Crippen molar-refractivity contribution < 1.29 is 18.3 Å². The van der Waals surface area contributed by atoms with Crippen LogP contribution in [0.25, 0.3) is 0 Å². The molecular formula is C21H17F2NO2. The number of ether oxygens (including phenoxy) is 1. The second-order valence-electron chi connectivity index (χ2n) is 5.73. The number of carbonyl (C=O) groups is 1. The van der Waals surface area contributed by atoms with Crippen molar-refractivity contribution in [2.45, 2.75) is 13.2 Å². The molecule has 0 radical (unpaired) electrons. The highest BCUT2D eigenvalue weighted by molar-refractivity contribution is 5.94. The molecule has 0 aliphatic heterocycles. The highest BCUT2D eigenvalue weighted by Crippen LogP contribution is 2.16. The van der Waals surface area contributed by atoms with Crippen molar-refractivity contribution in [1.82, 2.24) is 5.32 Å². The molecule has 3 nitrogen and oxygen atoms in total. The first-order valence-corrected chi connectivity index (χ1v) is 8.11. The molecule has 0 bridgehead atoms. The number of rotatable bonds is 6. The highest BCUT2D eigenvalue weighted by Gasteiger charge is 2.06. The Morgan fingerprint density at radius 2 is 1.58 bits per heavy atom. The van der Waals surface area contributed by atoms with Gasteiger partial charge in [0.1, 0.15) is 12.4 Å². The largest absolute Gasteiger partial charge is 0.489 e. The number of halogens is 2. The zero-order valence-corrected chi connectivity index (χ0v) is 13.9. The Kier molecular flexibility index (Phi) is 5.59. The third-order valence-corrected chi connectivity index (χ3v) is 3.80. The molecule has 0 aliphatic rings. The van der Waals surface area contributed by atoms with E-state index in [2.05, 4.69) is 5.32 Å². The lowest BCUT2D eigenvalue weighted by atomic mass is 10.2. The Labute approximate surface area is 150 Å². The van der Waals surface area contributed by atoms with Gasteiger partial charge in [-0.2, -0.15) is 0 Å². The average molecular weight is 353 g/mol. The molecule has 3 aromatic carbocycles. The van der Waals surface area contributed by atoms with Crippen molar-refractivity contribution >= 4 is 5.91 Å². The molecule has 0 fully saturated rings. The summed E-state index contributed by atoms with van der Waals surface area (Å²) in [6, 6.07) is 19.9. The molecule has 0 atom stereocenters. The minimum absolute atomic E-state index is 0.108. The van der Waals surface area contributed by atoms with Crippen molar-refractivity contribution in [3.05, 3.63) is 101 Å². The molecule has 0 unspecified atom stereocenters. The van der Waals surface area contributed by atoms with E-state index < -0.39 is 11.6 Å². The normalized spacial score (nSPS) is 10.4. The molecule has 1 amide bonds. The second kappa shape index (κ2) is 8.25. The Balaban J connectivity index is 1.54. The van der Waals surface area contributed by atoms with Crippen LogP contribution in [0.1, 0.15) is 21.5 Å². The summed E-state index contributed by atoms with van der Waals surface area (Å²) in [6.07, 6.45) is 0. The Bertz CT molecular complexity index is 880. The summed E-state index contributed by atoms with van der Waals surface area (Å²) in [5.74, 6) is -1.44. The van der Waals surface area contributed by atoms with E-state index in [4.69, 9.17) is 4.74 Å². The maximum absolute atomic E-state index is 13.2. The molecule has 0 heterocycles. The van der Waals surface area contributed by atoms with Crippen LogP contribution < -0.4 is 10.1 Å². The molecule has 0 saturated carbocycles. The van der Waals surface area contributed by atoms with E-state index >= 15 is 0 Å². The molecule has 3 aromatic rings. The summed E-state index contributed by atoms with van der Waals surface area (Å²) in [5, 5.41) is 2.85. The van der Waals surface area contributed by atoms with E-state index in [1.54, 1.807) is 24.3 Å². The van der Waals surface area contributed by atoms with Gasteiger partial charge in [-0.15, -0.1) is 0 Å². The lowest BCUT2D eigenvalue weighted by molar-refractivity contribution is 0.0951. The number of carbonyl (C=O) groups excluding carboxylic acids is 1. The fourth-order valence-corrected chi connectivity index (χ4v) is 2.38. The van der Waals surface area contributed by atoms with Gasteiger partial charge in [-0.3, -0.25) is 4.79 Å². The first kappa shape index (κ1) is 17.6. The molecule has 0 saturated heterocycles. The van der Waals surface area contributed by atoms with Crippen molar-refractivity contribution in [1.29, 1.82) is 0 Å². The lowest BCUT2D eigenvalue weighted by Gasteiger charge is -2.08. The van der Waals surface area contributed by atoms with Gasteiger partial charge >= 0.3 is 0 Å². The van der Waals surface area contributed by atoms with Crippen LogP contribution in [0.15, 0.2) is 72.8 Å². The third kappa shape index (κ3) is 4.66. The molecule has 5 heteroatoms. The lowest BCUT2D eigenvalue weighted by Crippen LogP contribution is -2.22. The molecule has 132 valence electrons. The highest BCUT2D eigenvalue weighted by atomic mass is 19.2. The Morgan fingerprint density at radius 3 is 2.27 bits per heavy atom. The minimum Gasteiger partial charge on any atom is -0.489 e. The van der Waals surface area contributed by atoms with Gasteiger partial charge in [-0.05, 0) is 47.5 Å². The smallest absolute Gasteiger partial charge is 0.251 e. The summed E-state index contributed by atoms with van der Waals surface area (Å²) < 4.78 is 31.6. The van der Waals surface area contributed by atoms with Gasteiger partial charge in [0.2, 0.25) is 0 Å². The first-order chi connectivity index (χ1) is 12.6. The maximum atomic E-state index is 13.2. The van der Waals surface area contributed by atoms with Crippen LogP contribution in [-0.2, 0) is 13.2 Å². The first-order valence-electron chi connectivity index (χ1n) is 8.11. The van der Waals surface area contributed by atoms with Crippen LogP contribution in [-0.4, -0.2) is 5.91 Å². The quantitative estimate of drug-likeness (QED) is 0.710. The van der Waals surface area contributed by atoms with E-state index in [0.717, 1.165) is 17.7 Å². The van der Waals surface area contributed by atoms with E-state index in [1.165, 1.54) is 6.07 Å². The van der Waals surface area contributed by atoms with Gasteiger partial charge in [0.05, 0.1) is 0 Å². The zero-order chi connectivity index (χ0) is 18.4. The van der Waals surface area contributed by atoms with E-state index in [1.807, 2.05) is 30.3 Å². The summed E-state index contributed by atoms with van der Waals surface area (Å²) in [4.78, 5) is 12.1. The van der Waals surface area contributed by atoms with Crippen LogP contribution in [0.3, 0.4) is 0 Å². The molecule has 0 aromatic heterocycles. The van der Waals surface area contributed by atoms with Crippen LogP contribution >= 0.6 is 0 Å². The van der Waals surface area contributed by atoms with Crippen LogP contribution in [0.2, 0.25) is 0 Å². The molecule has 1 N–H and O–H groups in total. The monoisotopic (exact) mass is 353 g/mol. The van der Waals surface area contributed by atoms with Crippen molar-refractivity contribution in [3.63, 3.8) is 0 Å². The van der Waals surface area contributed by atoms with Crippen molar-refractivity contribution in [2.24, 2.45) is 0 Å². The van der Waals surface area contributed by atoms with Gasteiger partial charge in [0.25, 0.3) is 5.91 Å². The second-order valence-corrected chi connectivity index (χ2v) is 5.73. The molecule has 0 aliphatic carbocycles. The maximum Gasteiger partial charge on any atom is 0.251 e. The summed E-state index contributed by atoms with van der Waals surface area (Å²) in [6.45, 7) is 0.560. The van der Waals surface area contributed by atoms with Crippen LogP contribution in [0, 0.1) is 11.6 Å². The van der Waals surface area contributed by atoms with Crippen LogP contribution in [0.5, 0.6) is 5.75 Å². The predicted octanol–water partition coefficient (Wildman–Crippen LogP) is 4.47. The number of nitrogens with one attached hydrogen (secondary N) is 1. The molecule has 26 heavy (non-hydrogen) atoms. The van der Waals surface area contributed by atoms with Crippen LogP contribution in [0.4, 0.5) is 8.78 Å². The SMILES string of the molecule is O=C(NCc1ccccc1)c1ccc(OCc2ccc(F)c(F)c2)cc1. The van der Waals surface area contributed by atoms with Crippen molar-refractivity contribution in [3.8, 4) is 5.75 Å². The third-order valence-electron chi connectivity index (χ3n) is 3.80. The fraction of sp³-hybridized carbons (Fsp3) is 0.0952. The van der Waals surface area contributed by atoms with Gasteiger partial charge in [-0.25, -0.2) is 8.78 Å². The number of amides is 1. The average Bonchev–Trinajstić information content (AvgIpc) is 2.68. The van der Waals surface area contributed by atoms with Gasteiger partial charge in [0, 0.05) is 12.1 Å². The van der Waals surface area contributed by atoms with Gasteiger partial charge in [0.15, 0.2) is 11.6 Å². The zero-order valence-electron chi connectivity index (χ0n) is 13.9.